The van der Waals surface area contributed by atoms with Crippen LogP contribution in [0.2, 0.25) is 0 Å². The van der Waals surface area contributed by atoms with Crippen molar-refractivity contribution in [3.05, 3.63) is 35.9 Å². The summed E-state index contributed by atoms with van der Waals surface area (Å²) in [6.45, 7) is 9.89. The first-order valence-electron chi connectivity index (χ1n) is 4.41. The van der Waals surface area contributed by atoms with Gasteiger partial charge in [0.1, 0.15) is 5.75 Å². The van der Waals surface area contributed by atoms with E-state index in [4.69, 9.17) is 0 Å². The molecule has 0 aromatic heterocycles. The Morgan fingerprint density at radius 2 is 1.92 bits per heavy atom. The number of aromatic hydroxyl groups is 1. The van der Waals surface area contributed by atoms with E-state index in [1.54, 1.807) is 6.08 Å². The SMILES string of the molecule is C=Cc1cccc(C(C)(C)C)c1O. The Morgan fingerprint density at radius 3 is 2.38 bits per heavy atom. The molecule has 1 N–H and O–H groups in total. The fourth-order valence-electron chi connectivity index (χ4n) is 1.33. The molecular weight excluding hydrogens is 160 g/mol. The maximum absolute atomic E-state index is 9.85. The molecule has 1 rings (SSSR count). The summed E-state index contributed by atoms with van der Waals surface area (Å²) in [5.41, 5.74) is 1.74. The zero-order valence-corrected chi connectivity index (χ0v) is 8.46. The van der Waals surface area contributed by atoms with Gasteiger partial charge in [0.2, 0.25) is 0 Å². The molecular formula is C12H16O. The molecule has 0 fully saturated rings. The van der Waals surface area contributed by atoms with E-state index in [1.165, 1.54) is 0 Å². The van der Waals surface area contributed by atoms with Crippen LogP contribution >= 0.6 is 0 Å². The van der Waals surface area contributed by atoms with Crippen molar-refractivity contribution >= 4 is 6.08 Å². The predicted molar refractivity (Wildman–Crippen MR) is 56.9 cm³/mol. The molecule has 0 atom stereocenters. The Hall–Kier alpha value is -1.24. The van der Waals surface area contributed by atoms with Crippen molar-refractivity contribution in [3.63, 3.8) is 0 Å². The summed E-state index contributed by atoms with van der Waals surface area (Å²) in [5, 5.41) is 9.85. The minimum atomic E-state index is -0.0247. The zero-order chi connectivity index (χ0) is 10.1. The summed E-state index contributed by atoms with van der Waals surface area (Å²) in [7, 11) is 0. The highest BCUT2D eigenvalue weighted by atomic mass is 16.3. The van der Waals surface area contributed by atoms with Gasteiger partial charge in [-0.2, -0.15) is 0 Å². The third kappa shape index (κ3) is 1.92. The van der Waals surface area contributed by atoms with E-state index >= 15 is 0 Å². The molecule has 0 saturated heterocycles. The highest BCUT2D eigenvalue weighted by Gasteiger charge is 2.18. The highest BCUT2D eigenvalue weighted by molar-refractivity contribution is 5.59. The van der Waals surface area contributed by atoms with Crippen LogP contribution in [0, 0.1) is 0 Å². The van der Waals surface area contributed by atoms with Gasteiger partial charge in [-0.05, 0) is 11.0 Å². The lowest BCUT2D eigenvalue weighted by atomic mass is 9.85. The summed E-state index contributed by atoms with van der Waals surface area (Å²) in [6, 6.07) is 5.75. The molecule has 13 heavy (non-hydrogen) atoms. The largest absolute Gasteiger partial charge is 0.507 e. The molecule has 0 amide bonds. The average Bonchev–Trinajstić information content (AvgIpc) is 2.02. The molecule has 0 aliphatic rings. The van der Waals surface area contributed by atoms with Crippen LogP contribution in [0.3, 0.4) is 0 Å². The van der Waals surface area contributed by atoms with Crippen LogP contribution in [0.1, 0.15) is 31.9 Å². The van der Waals surface area contributed by atoms with E-state index in [9.17, 15) is 5.11 Å². The minimum absolute atomic E-state index is 0.0247. The Bertz CT molecular complexity index is 318. The monoisotopic (exact) mass is 176 g/mol. The van der Waals surface area contributed by atoms with Crippen molar-refractivity contribution in [1.82, 2.24) is 0 Å². The quantitative estimate of drug-likeness (QED) is 0.695. The van der Waals surface area contributed by atoms with Crippen molar-refractivity contribution in [2.45, 2.75) is 26.2 Å². The molecule has 1 aromatic carbocycles. The summed E-state index contributed by atoms with van der Waals surface area (Å²) in [4.78, 5) is 0. The van der Waals surface area contributed by atoms with Crippen molar-refractivity contribution in [2.24, 2.45) is 0 Å². The number of hydrogen-bond acceptors (Lipinski definition) is 1. The number of benzene rings is 1. The molecule has 1 aromatic rings. The van der Waals surface area contributed by atoms with E-state index < -0.39 is 0 Å². The first kappa shape index (κ1) is 9.85. The van der Waals surface area contributed by atoms with Gasteiger partial charge in [0, 0.05) is 5.56 Å². The van der Waals surface area contributed by atoms with Gasteiger partial charge in [0.15, 0.2) is 0 Å². The van der Waals surface area contributed by atoms with Crippen LogP contribution in [0.4, 0.5) is 0 Å². The summed E-state index contributed by atoms with van der Waals surface area (Å²) < 4.78 is 0. The highest BCUT2D eigenvalue weighted by Crippen LogP contribution is 2.33. The van der Waals surface area contributed by atoms with E-state index in [-0.39, 0.29) is 5.41 Å². The maximum Gasteiger partial charge on any atom is 0.126 e. The smallest absolute Gasteiger partial charge is 0.126 e. The number of hydrogen-bond donors (Lipinski definition) is 1. The first-order valence-corrected chi connectivity index (χ1v) is 4.41. The predicted octanol–water partition coefficient (Wildman–Crippen LogP) is 3.33. The van der Waals surface area contributed by atoms with Crippen molar-refractivity contribution < 1.29 is 5.11 Å². The number of rotatable bonds is 1. The van der Waals surface area contributed by atoms with E-state index in [0.29, 0.717) is 5.75 Å². The summed E-state index contributed by atoms with van der Waals surface area (Å²) in [5.74, 6) is 0.352. The molecule has 0 saturated carbocycles. The van der Waals surface area contributed by atoms with Crippen LogP contribution in [-0.4, -0.2) is 5.11 Å². The molecule has 0 aliphatic carbocycles. The van der Waals surface area contributed by atoms with Crippen LogP contribution in [0.5, 0.6) is 5.75 Å². The molecule has 70 valence electrons. The first-order chi connectivity index (χ1) is 5.96. The Labute approximate surface area is 79.7 Å². The summed E-state index contributed by atoms with van der Waals surface area (Å²) in [6.07, 6.45) is 1.67. The number of para-hydroxylation sites is 1. The lowest BCUT2D eigenvalue weighted by molar-refractivity contribution is 0.445. The van der Waals surface area contributed by atoms with E-state index in [2.05, 4.69) is 27.4 Å². The van der Waals surface area contributed by atoms with Gasteiger partial charge >= 0.3 is 0 Å². The van der Waals surface area contributed by atoms with Crippen LogP contribution in [-0.2, 0) is 5.41 Å². The maximum atomic E-state index is 9.85. The van der Waals surface area contributed by atoms with Gasteiger partial charge in [-0.1, -0.05) is 51.6 Å². The van der Waals surface area contributed by atoms with Crippen molar-refractivity contribution in [1.29, 1.82) is 0 Å². The average molecular weight is 176 g/mol. The van der Waals surface area contributed by atoms with E-state index in [0.717, 1.165) is 11.1 Å². The fraction of sp³-hybridized carbons (Fsp3) is 0.333. The van der Waals surface area contributed by atoms with Gasteiger partial charge < -0.3 is 5.11 Å². The Kier molecular flexibility index (Phi) is 2.46. The molecule has 0 radical (unpaired) electrons. The fourth-order valence-corrected chi connectivity index (χ4v) is 1.33. The van der Waals surface area contributed by atoms with Gasteiger partial charge in [-0.25, -0.2) is 0 Å². The van der Waals surface area contributed by atoms with Gasteiger partial charge in [-0.3, -0.25) is 0 Å². The third-order valence-electron chi connectivity index (χ3n) is 2.10. The normalized spacial score (nSPS) is 11.3. The summed E-state index contributed by atoms with van der Waals surface area (Å²) >= 11 is 0. The van der Waals surface area contributed by atoms with Crippen LogP contribution in [0.25, 0.3) is 6.08 Å². The van der Waals surface area contributed by atoms with Crippen LogP contribution in [0.15, 0.2) is 24.8 Å². The molecule has 0 bridgehead atoms. The zero-order valence-electron chi connectivity index (χ0n) is 8.46. The second-order valence-electron chi connectivity index (χ2n) is 4.20. The molecule has 0 aliphatic heterocycles. The molecule has 0 heterocycles. The van der Waals surface area contributed by atoms with Crippen molar-refractivity contribution in [2.75, 3.05) is 0 Å². The molecule has 1 heteroatoms. The third-order valence-corrected chi connectivity index (χ3v) is 2.10. The lowest BCUT2D eigenvalue weighted by Crippen LogP contribution is -2.11. The van der Waals surface area contributed by atoms with Gasteiger partial charge in [-0.15, -0.1) is 0 Å². The number of phenols is 1. The standard InChI is InChI=1S/C12H16O/c1-5-9-7-6-8-10(11(9)13)12(2,3)4/h5-8,13H,1H2,2-4H3. The Morgan fingerprint density at radius 1 is 1.31 bits per heavy atom. The van der Waals surface area contributed by atoms with E-state index in [1.807, 2.05) is 18.2 Å². The molecule has 0 spiro atoms. The molecule has 1 nitrogen and oxygen atoms in total. The van der Waals surface area contributed by atoms with Crippen molar-refractivity contribution in [3.8, 4) is 5.75 Å². The Balaban J connectivity index is 3.32. The van der Waals surface area contributed by atoms with Gasteiger partial charge in [0.05, 0.1) is 0 Å². The van der Waals surface area contributed by atoms with Crippen LogP contribution < -0.4 is 0 Å². The lowest BCUT2D eigenvalue weighted by Gasteiger charge is -2.21. The van der Waals surface area contributed by atoms with Gasteiger partial charge in [0.25, 0.3) is 0 Å². The molecule has 0 unspecified atom stereocenters. The topological polar surface area (TPSA) is 20.2 Å². The number of phenolic OH excluding ortho intramolecular Hbond substituents is 1. The second kappa shape index (κ2) is 3.25. The second-order valence-corrected chi connectivity index (χ2v) is 4.20. The minimum Gasteiger partial charge on any atom is -0.507 e.